The van der Waals surface area contributed by atoms with Crippen molar-refractivity contribution in [3.8, 4) is 45.3 Å². The molecule has 15 rings (SSSR count). The van der Waals surface area contributed by atoms with E-state index in [0.717, 1.165) is 103 Å². The maximum absolute atomic E-state index is 8.26. The molecule has 10 heteroatoms. The van der Waals surface area contributed by atoms with Crippen LogP contribution in [0.25, 0.3) is 22.3 Å². The van der Waals surface area contributed by atoms with Crippen molar-refractivity contribution in [3.63, 3.8) is 0 Å². The van der Waals surface area contributed by atoms with E-state index in [-0.39, 0.29) is 6.67 Å². The molecule has 0 bridgehead atoms. The van der Waals surface area contributed by atoms with Gasteiger partial charge in [0, 0.05) is 76.5 Å². The lowest BCUT2D eigenvalue weighted by atomic mass is 10.0. The van der Waals surface area contributed by atoms with Gasteiger partial charge in [-0.15, -0.1) is 0 Å². The number of benzene rings is 11. The molecule has 11 aromatic carbocycles. The Labute approximate surface area is 483 Å². The molecule has 0 atom stereocenters. The molecule has 0 amide bonds. The minimum atomic E-state index is -2.29. The molecule has 10 nitrogen and oxygen atoms in total. The Hall–Kier alpha value is -10.6. The Balaban J connectivity index is 0.711. The summed E-state index contributed by atoms with van der Waals surface area (Å²) >= 11 is 0. The highest BCUT2D eigenvalue weighted by Crippen LogP contribution is 2.50. The van der Waals surface area contributed by atoms with E-state index >= 15 is 0 Å². The SMILES string of the molecule is [2H]C([2H])([2H])N1CN(c2cccc(Oc3cc(-c4ccccc4)cc(N4CN(c5ccc(N6CN(c7cc(Oc8cccc(N9CN(C)c%10ccccc%109)c8)cc(-c8ccccc8)c7)c7ccccc76)cc5)c5ccccc54)c3)c2)c2ccccc21. The van der Waals surface area contributed by atoms with Crippen LogP contribution in [-0.4, -0.2) is 40.7 Å². The van der Waals surface area contributed by atoms with Crippen molar-refractivity contribution in [2.75, 3.05) is 79.9 Å². The van der Waals surface area contributed by atoms with Gasteiger partial charge in [0.15, 0.2) is 0 Å². The number of fused-ring (bicyclic) bond motifs is 4. The highest BCUT2D eigenvalue weighted by Gasteiger charge is 2.32. The molecule has 0 radical (unpaired) electrons. The van der Waals surface area contributed by atoms with Crippen molar-refractivity contribution in [2.45, 2.75) is 0 Å². The molecule has 0 fully saturated rings. The minimum absolute atomic E-state index is 0.193. The van der Waals surface area contributed by atoms with Crippen LogP contribution in [0.3, 0.4) is 0 Å². The van der Waals surface area contributed by atoms with Crippen molar-refractivity contribution < 1.29 is 13.6 Å². The molecule has 0 unspecified atom stereocenters. The van der Waals surface area contributed by atoms with Crippen molar-refractivity contribution in [1.29, 1.82) is 0 Å². The first-order valence-corrected chi connectivity index (χ1v) is 27.7. The fourth-order valence-electron chi connectivity index (χ4n) is 12.1. The summed E-state index contributed by atoms with van der Waals surface area (Å²) < 4.78 is 38.5. The fourth-order valence-corrected chi connectivity index (χ4v) is 12.1. The molecular weight excluding hydrogens is 1010 g/mol. The highest BCUT2D eigenvalue weighted by molar-refractivity contribution is 5.92. The fraction of sp³-hybridized carbons (Fsp3) is 0.0833. The van der Waals surface area contributed by atoms with E-state index in [2.05, 4.69) is 243 Å². The van der Waals surface area contributed by atoms with E-state index in [1.807, 2.05) is 65.6 Å². The third kappa shape index (κ3) is 8.87. The lowest BCUT2D eigenvalue weighted by Gasteiger charge is -2.25. The van der Waals surface area contributed by atoms with Crippen molar-refractivity contribution in [2.24, 2.45) is 0 Å². The number of ether oxygens (including phenoxy) is 2. The van der Waals surface area contributed by atoms with Gasteiger partial charge in [-0.25, -0.2) is 0 Å². The highest BCUT2D eigenvalue weighted by atomic mass is 16.5. The van der Waals surface area contributed by atoms with E-state index in [1.54, 1.807) is 0 Å². The lowest BCUT2D eigenvalue weighted by Crippen LogP contribution is -2.25. The summed E-state index contributed by atoms with van der Waals surface area (Å²) in [4.78, 5) is 17.6. The molecule has 398 valence electrons. The first-order chi connectivity index (χ1) is 41.6. The Bertz CT molecular complexity index is 4300. The van der Waals surface area contributed by atoms with Crippen LogP contribution in [-0.2, 0) is 0 Å². The molecule has 4 aliphatic rings. The molecule has 4 aliphatic heterocycles. The second-order valence-electron chi connectivity index (χ2n) is 21.1. The van der Waals surface area contributed by atoms with E-state index in [9.17, 15) is 0 Å². The summed E-state index contributed by atoms with van der Waals surface area (Å²) in [6.07, 6.45) is 0. The van der Waals surface area contributed by atoms with Crippen LogP contribution < -0.4 is 48.7 Å². The molecule has 11 aromatic rings. The largest absolute Gasteiger partial charge is 0.457 e. The monoisotopic (exact) mass is 1070 g/mol. The van der Waals surface area contributed by atoms with Crippen LogP contribution in [0.5, 0.6) is 23.0 Å². The van der Waals surface area contributed by atoms with E-state index in [1.165, 1.54) is 16.3 Å². The summed E-state index contributed by atoms with van der Waals surface area (Å²) in [7, 11) is 2.13. The normalized spacial score (nSPS) is 14.8. The second-order valence-corrected chi connectivity index (χ2v) is 21.1. The Kier molecular flexibility index (Phi) is 11.2. The van der Waals surface area contributed by atoms with Gasteiger partial charge in [0.1, 0.15) is 36.3 Å². The Morgan fingerprint density at radius 2 is 0.585 bits per heavy atom. The van der Waals surface area contributed by atoms with Crippen molar-refractivity contribution in [3.05, 3.63) is 267 Å². The summed E-state index contributed by atoms with van der Waals surface area (Å²) in [5.41, 5.74) is 18.6. The van der Waals surface area contributed by atoms with Crippen molar-refractivity contribution in [1.82, 2.24) is 0 Å². The number of hydrogen-bond acceptors (Lipinski definition) is 10. The van der Waals surface area contributed by atoms with Gasteiger partial charge in [0.25, 0.3) is 0 Å². The zero-order valence-electron chi connectivity index (χ0n) is 48.1. The molecule has 82 heavy (non-hydrogen) atoms. The van der Waals surface area contributed by atoms with Crippen LogP contribution in [0.15, 0.2) is 267 Å². The number of para-hydroxylation sites is 8. The van der Waals surface area contributed by atoms with Gasteiger partial charge in [0.2, 0.25) is 0 Å². The van der Waals surface area contributed by atoms with E-state index in [4.69, 9.17) is 13.6 Å². The molecule has 0 aromatic heterocycles. The molecule has 0 saturated heterocycles. The number of rotatable bonds is 12. The van der Waals surface area contributed by atoms with Gasteiger partial charge in [-0.1, -0.05) is 121 Å². The predicted molar refractivity (Wildman–Crippen MR) is 338 cm³/mol. The molecule has 0 spiro atoms. The smallest absolute Gasteiger partial charge is 0.130 e. The van der Waals surface area contributed by atoms with Gasteiger partial charge in [-0.2, -0.15) is 0 Å². The third-order valence-corrected chi connectivity index (χ3v) is 16.0. The van der Waals surface area contributed by atoms with Gasteiger partial charge in [0.05, 0.1) is 58.8 Å². The van der Waals surface area contributed by atoms with Crippen LogP contribution in [0.2, 0.25) is 0 Å². The maximum atomic E-state index is 8.26. The van der Waals surface area contributed by atoms with Crippen LogP contribution >= 0.6 is 0 Å². The van der Waals surface area contributed by atoms with Crippen LogP contribution in [0.4, 0.5) is 79.6 Å². The van der Waals surface area contributed by atoms with E-state index in [0.29, 0.717) is 30.5 Å². The zero-order valence-corrected chi connectivity index (χ0v) is 45.1. The third-order valence-electron chi connectivity index (χ3n) is 16.0. The average Bonchev–Trinajstić information content (AvgIpc) is 4.45. The minimum Gasteiger partial charge on any atom is -0.457 e. The van der Waals surface area contributed by atoms with Crippen LogP contribution in [0.1, 0.15) is 4.11 Å². The maximum Gasteiger partial charge on any atom is 0.130 e. The molecular formula is C72H58N8O2. The van der Waals surface area contributed by atoms with Crippen molar-refractivity contribution >= 4 is 79.6 Å². The van der Waals surface area contributed by atoms with Crippen LogP contribution in [0, 0.1) is 0 Å². The number of nitrogens with zero attached hydrogens (tertiary/aromatic N) is 8. The topological polar surface area (TPSA) is 44.4 Å². The summed E-state index contributed by atoms with van der Waals surface area (Å²) in [6.45, 7) is -0.183. The Morgan fingerprint density at radius 1 is 0.256 bits per heavy atom. The van der Waals surface area contributed by atoms with Gasteiger partial charge in [-0.3, -0.25) is 0 Å². The standard InChI is InChI=1S/C72H58N8O2/c1-73-47-75(67-29-11-9-27-65(67)73)57-23-17-25-61(43-57)81-63-41-53(51-19-5-3-6-20-51)39-59(45-63)79-49-77(69-31-13-15-33-71(69)79)55-35-37-56(38-36-55)78-50-80(72-34-16-14-32-70(72)78)60-40-54(52-21-7-4-8-22-52)42-64(46-60)82-62-26-18-24-58(44-62)76-48-74(2)66-28-10-12-30-68(66)76/h3-46H,47-50H2,1-2H3/i1D3. The average molecular weight is 1070 g/mol. The van der Waals surface area contributed by atoms with Gasteiger partial charge >= 0.3 is 0 Å². The van der Waals surface area contributed by atoms with Gasteiger partial charge < -0.3 is 48.7 Å². The number of anilines is 14. The first kappa shape index (κ1) is 45.3. The van der Waals surface area contributed by atoms with Gasteiger partial charge in [-0.05, 0) is 144 Å². The predicted octanol–water partition coefficient (Wildman–Crippen LogP) is 18.2. The molecule has 4 heterocycles. The quantitative estimate of drug-likeness (QED) is 0.118. The molecule has 0 saturated carbocycles. The zero-order chi connectivity index (χ0) is 57.2. The summed E-state index contributed by atoms with van der Waals surface area (Å²) in [5, 5.41) is 0. The lowest BCUT2D eigenvalue weighted by molar-refractivity contribution is 0.482. The van der Waals surface area contributed by atoms with E-state index < -0.39 is 6.98 Å². The Morgan fingerprint density at radius 3 is 1.00 bits per heavy atom. The summed E-state index contributed by atoms with van der Waals surface area (Å²) in [5.74, 6) is 2.84. The number of hydrogen-bond donors (Lipinski definition) is 0. The first-order valence-electron chi connectivity index (χ1n) is 29.2. The summed E-state index contributed by atoms with van der Waals surface area (Å²) in [6, 6.07) is 92.5. The molecule has 0 N–H and O–H groups in total. The molecule has 0 aliphatic carbocycles. The second kappa shape index (κ2) is 20.3.